The summed E-state index contributed by atoms with van der Waals surface area (Å²) in [6, 6.07) is 11.7. The molecule has 0 radical (unpaired) electrons. The number of hydrogen-bond acceptors (Lipinski definition) is 4. The maximum atomic E-state index is 12.5. The first kappa shape index (κ1) is 14.8. The van der Waals surface area contributed by atoms with E-state index in [1.807, 2.05) is 31.2 Å². The Balaban J connectivity index is 2.41. The summed E-state index contributed by atoms with van der Waals surface area (Å²) in [5.74, 6) is 0.544. The number of anilines is 1. The van der Waals surface area contributed by atoms with Crippen molar-refractivity contribution >= 4 is 22.5 Å². The Kier molecular flexibility index (Phi) is 4.72. The number of hydrogen-bond donors (Lipinski definition) is 1. The van der Waals surface area contributed by atoms with Crippen molar-refractivity contribution in [1.29, 1.82) is 5.26 Å². The Hall–Kier alpha value is -2.61. The van der Waals surface area contributed by atoms with Crippen LogP contribution in [0.1, 0.15) is 23.8 Å². The number of rotatable bonds is 5. The van der Waals surface area contributed by atoms with Crippen LogP contribution >= 0.6 is 0 Å². The summed E-state index contributed by atoms with van der Waals surface area (Å²) in [7, 11) is 1.79. The lowest BCUT2D eigenvalue weighted by Gasteiger charge is -2.19. The van der Waals surface area contributed by atoms with Crippen LogP contribution in [-0.4, -0.2) is 35.9 Å². The number of amides is 1. The van der Waals surface area contributed by atoms with Gasteiger partial charge < -0.3 is 10.2 Å². The van der Waals surface area contributed by atoms with Crippen molar-refractivity contribution in [1.82, 2.24) is 9.88 Å². The molecule has 1 aromatic heterocycles. The van der Waals surface area contributed by atoms with Gasteiger partial charge in [0.25, 0.3) is 5.91 Å². The van der Waals surface area contributed by atoms with Gasteiger partial charge in [0.1, 0.15) is 11.5 Å². The van der Waals surface area contributed by atoms with E-state index in [0.717, 1.165) is 10.8 Å². The molecule has 0 spiro atoms. The van der Waals surface area contributed by atoms with Crippen LogP contribution in [0.15, 0.2) is 30.3 Å². The van der Waals surface area contributed by atoms with Gasteiger partial charge in [-0.1, -0.05) is 24.3 Å². The van der Waals surface area contributed by atoms with Crippen LogP contribution in [-0.2, 0) is 0 Å². The Morgan fingerprint density at radius 2 is 2.19 bits per heavy atom. The highest BCUT2D eigenvalue weighted by Gasteiger charge is 2.17. The fraction of sp³-hybridized carbons (Fsp3) is 0.312. The first-order valence-corrected chi connectivity index (χ1v) is 6.95. The van der Waals surface area contributed by atoms with Gasteiger partial charge in [0.2, 0.25) is 0 Å². The van der Waals surface area contributed by atoms with E-state index in [1.165, 1.54) is 0 Å². The Bertz CT molecular complexity index is 690. The van der Waals surface area contributed by atoms with Gasteiger partial charge in [-0.25, -0.2) is 4.98 Å². The van der Waals surface area contributed by atoms with E-state index < -0.39 is 0 Å². The summed E-state index contributed by atoms with van der Waals surface area (Å²) < 4.78 is 0. The quantitative estimate of drug-likeness (QED) is 0.915. The van der Waals surface area contributed by atoms with Crippen molar-refractivity contribution < 1.29 is 4.79 Å². The zero-order valence-electron chi connectivity index (χ0n) is 12.3. The second-order valence-corrected chi connectivity index (χ2v) is 4.62. The van der Waals surface area contributed by atoms with E-state index in [2.05, 4.69) is 16.4 Å². The molecule has 0 atom stereocenters. The van der Waals surface area contributed by atoms with Crippen LogP contribution < -0.4 is 5.32 Å². The minimum atomic E-state index is -0.144. The molecular weight excluding hydrogens is 264 g/mol. The molecule has 2 rings (SSSR count). The lowest BCUT2D eigenvalue weighted by Crippen LogP contribution is -2.32. The summed E-state index contributed by atoms with van der Waals surface area (Å²) in [4.78, 5) is 18.6. The molecule has 0 saturated carbocycles. The van der Waals surface area contributed by atoms with E-state index in [-0.39, 0.29) is 5.91 Å². The third-order valence-corrected chi connectivity index (χ3v) is 3.36. The van der Waals surface area contributed by atoms with Crippen molar-refractivity contribution in [2.45, 2.75) is 13.3 Å². The molecule has 108 valence electrons. The third kappa shape index (κ3) is 3.11. The minimum absolute atomic E-state index is 0.144. The molecule has 0 saturated heterocycles. The van der Waals surface area contributed by atoms with Crippen molar-refractivity contribution in [2.75, 3.05) is 25.5 Å². The number of nitrogens with zero attached hydrogens (tertiary/aromatic N) is 3. The fourth-order valence-electron chi connectivity index (χ4n) is 2.25. The van der Waals surface area contributed by atoms with E-state index >= 15 is 0 Å². The number of benzene rings is 1. The molecule has 0 aliphatic rings. The van der Waals surface area contributed by atoms with Crippen LogP contribution in [0.2, 0.25) is 0 Å². The monoisotopic (exact) mass is 282 g/mol. The molecule has 0 bridgehead atoms. The van der Waals surface area contributed by atoms with Gasteiger partial charge in [0, 0.05) is 25.5 Å². The summed E-state index contributed by atoms with van der Waals surface area (Å²) >= 11 is 0. The number of aromatic nitrogens is 1. The van der Waals surface area contributed by atoms with Crippen LogP contribution in [0.4, 0.5) is 5.82 Å². The highest BCUT2D eigenvalue weighted by atomic mass is 16.2. The second kappa shape index (κ2) is 6.71. The van der Waals surface area contributed by atoms with Crippen molar-refractivity contribution in [3.63, 3.8) is 0 Å². The molecule has 1 amide bonds. The molecule has 0 aliphatic heterocycles. The lowest BCUT2D eigenvalue weighted by atomic mass is 10.1. The SMILES string of the molecule is CCN(CCC#N)C(=O)c1cc2ccccc2c(NC)n1. The molecule has 1 N–H and O–H groups in total. The third-order valence-electron chi connectivity index (χ3n) is 3.36. The van der Waals surface area contributed by atoms with Gasteiger partial charge in [-0.05, 0) is 18.4 Å². The zero-order valence-corrected chi connectivity index (χ0v) is 12.3. The molecule has 5 nitrogen and oxygen atoms in total. The number of pyridine rings is 1. The van der Waals surface area contributed by atoms with Crippen molar-refractivity contribution in [3.05, 3.63) is 36.0 Å². The first-order valence-electron chi connectivity index (χ1n) is 6.95. The molecule has 1 heterocycles. The van der Waals surface area contributed by atoms with E-state index in [0.29, 0.717) is 31.0 Å². The molecular formula is C16H18N4O. The smallest absolute Gasteiger partial charge is 0.272 e. The molecule has 21 heavy (non-hydrogen) atoms. The lowest BCUT2D eigenvalue weighted by molar-refractivity contribution is 0.0762. The fourth-order valence-corrected chi connectivity index (χ4v) is 2.25. The van der Waals surface area contributed by atoms with Gasteiger partial charge in [-0.2, -0.15) is 5.26 Å². The number of nitriles is 1. The largest absolute Gasteiger partial charge is 0.373 e. The summed E-state index contributed by atoms with van der Waals surface area (Å²) in [6.45, 7) is 2.88. The van der Waals surface area contributed by atoms with E-state index in [9.17, 15) is 4.79 Å². The van der Waals surface area contributed by atoms with Gasteiger partial charge >= 0.3 is 0 Å². The molecule has 5 heteroatoms. The zero-order chi connectivity index (χ0) is 15.2. The number of carbonyl (C=O) groups excluding carboxylic acids is 1. The minimum Gasteiger partial charge on any atom is -0.373 e. The standard InChI is InChI=1S/C16H18N4O/c1-3-20(10-6-9-17)16(21)14-11-12-7-4-5-8-13(12)15(18-2)19-14/h4-5,7-8,11H,3,6,10H2,1-2H3,(H,18,19). The van der Waals surface area contributed by atoms with Gasteiger partial charge in [0.15, 0.2) is 0 Å². The topological polar surface area (TPSA) is 69.0 Å². The summed E-state index contributed by atoms with van der Waals surface area (Å²) in [5, 5.41) is 13.7. The van der Waals surface area contributed by atoms with Crippen LogP contribution in [0, 0.1) is 11.3 Å². The molecule has 2 aromatic rings. The number of nitrogens with one attached hydrogen (secondary N) is 1. The highest BCUT2D eigenvalue weighted by molar-refractivity contribution is 6.00. The Morgan fingerprint density at radius 3 is 2.86 bits per heavy atom. The normalized spacial score (nSPS) is 10.1. The van der Waals surface area contributed by atoms with Gasteiger partial charge in [-0.3, -0.25) is 4.79 Å². The van der Waals surface area contributed by atoms with Crippen LogP contribution in [0.25, 0.3) is 10.8 Å². The maximum Gasteiger partial charge on any atom is 0.272 e. The predicted molar refractivity (Wildman–Crippen MR) is 83.1 cm³/mol. The van der Waals surface area contributed by atoms with Crippen molar-refractivity contribution in [2.24, 2.45) is 0 Å². The highest BCUT2D eigenvalue weighted by Crippen LogP contribution is 2.22. The van der Waals surface area contributed by atoms with Crippen LogP contribution in [0.5, 0.6) is 0 Å². The predicted octanol–water partition coefficient (Wildman–Crippen LogP) is 2.65. The maximum absolute atomic E-state index is 12.5. The summed E-state index contributed by atoms with van der Waals surface area (Å²) in [6.07, 6.45) is 0.325. The van der Waals surface area contributed by atoms with Crippen molar-refractivity contribution in [3.8, 4) is 6.07 Å². The molecule has 0 aliphatic carbocycles. The van der Waals surface area contributed by atoms with E-state index in [1.54, 1.807) is 18.0 Å². The van der Waals surface area contributed by atoms with Gasteiger partial charge in [-0.15, -0.1) is 0 Å². The molecule has 0 unspecified atom stereocenters. The van der Waals surface area contributed by atoms with Gasteiger partial charge in [0.05, 0.1) is 12.5 Å². The Labute approximate surface area is 124 Å². The summed E-state index contributed by atoms with van der Waals surface area (Å²) in [5.41, 5.74) is 0.401. The average Bonchev–Trinajstić information content (AvgIpc) is 2.54. The second-order valence-electron chi connectivity index (χ2n) is 4.62. The average molecular weight is 282 g/mol. The van der Waals surface area contributed by atoms with Crippen LogP contribution in [0.3, 0.4) is 0 Å². The number of carbonyl (C=O) groups is 1. The molecule has 1 aromatic carbocycles. The van der Waals surface area contributed by atoms with E-state index in [4.69, 9.17) is 5.26 Å². The number of fused-ring (bicyclic) bond motifs is 1. The first-order chi connectivity index (χ1) is 10.2. The molecule has 0 fully saturated rings. The Morgan fingerprint density at radius 1 is 1.43 bits per heavy atom.